The first-order valence-electron chi connectivity index (χ1n) is 9.37. The number of hydrogen-bond acceptors (Lipinski definition) is 9. The minimum absolute atomic E-state index is 0.00432. The Kier molecular flexibility index (Phi) is 8.23. The first kappa shape index (κ1) is 23.3. The second kappa shape index (κ2) is 11.3. The van der Waals surface area contributed by atoms with Crippen LogP contribution in [-0.2, 0) is 4.79 Å². The van der Waals surface area contributed by atoms with Gasteiger partial charge in [-0.25, -0.2) is 0 Å². The zero-order chi connectivity index (χ0) is 22.9. The van der Waals surface area contributed by atoms with Crippen molar-refractivity contribution < 1.29 is 23.8 Å². The number of thioether (sulfide) groups is 1. The topological polar surface area (TPSA) is 99.6 Å². The number of anilines is 1. The Labute approximate surface area is 193 Å². The maximum atomic E-state index is 12.3. The molecule has 8 nitrogen and oxygen atoms in total. The molecule has 1 amide bonds. The van der Waals surface area contributed by atoms with E-state index in [1.54, 1.807) is 30.3 Å². The van der Waals surface area contributed by atoms with Gasteiger partial charge in [-0.1, -0.05) is 53.4 Å². The quantitative estimate of drug-likeness (QED) is 0.203. The van der Waals surface area contributed by atoms with Crippen molar-refractivity contribution in [2.24, 2.45) is 0 Å². The van der Waals surface area contributed by atoms with Gasteiger partial charge in [0, 0.05) is 11.6 Å². The van der Waals surface area contributed by atoms with Gasteiger partial charge in [0.15, 0.2) is 21.6 Å². The summed E-state index contributed by atoms with van der Waals surface area (Å²) in [4.78, 5) is 24.5. The molecule has 0 aliphatic rings. The standard InChI is InChI=1S/C22H21N3O5S2/c1-28-17-11-14(12-18(29-2)20(17)30-3)9-10-19(27)23-21-24-25-22(32-21)31-13-16(26)15-7-5-4-6-8-15/h4-12H,13H2,1-3H3,(H,23,24,27)/b10-9+. The van der Waals surface area contributed by atoms with E-state index in [2.05, 4.69) is 15.5 Å². The van der Waals surface area contributed by atoms with E-state index in [9.17, 15) is 9.59 Å². The molecular formula is C22H21N3O5S2. The van der Waals surface area contributed by atoms with Crippen molar-refractivity contribution >= 4 is 46.0 Å². The van der Waals surface area contributed by atoms with E-state index in [0.717, 1.165) is 0 Å². The summed E-state index contributed by atoms with van der Waals surface area (Å²) in [6, 6.07) is 12.5. The number of amides is 1. The maximum Gasteiger partial charge on any atom is 0.250 e. The zero-order valence-corrected chi connectivity index (χ0v) is 19.3. The normalized spacial score (nSPS) is 10.7. The predicted octanol–water partition coefficient (Wildman–Crippen LogP) is 4.19. The van der Waals surface area contributed by atoms with E-state index in [0.29, 0.717) is 37.8 Å². The highest BCUT2D eigenvalue weighted by atomic mass is 32.2. The lowest BCUT2D eigenvalue weighted by Gasteiger charge is -2.12. The summed E-state index contributed by atoms with van der Waals surface area (Å²) < 4.78 is 16.5. The Morgan fingerprint density at radius 1 is 1.03 bits per heavy atom. The SMILES string of the molecule is COc1cc(/C=C/C(=O)Nc2nnc(SCC(=O)c3ccccc3)s2)cc(OC)c1OC. The largest absolute Gasteiger partial charge is 0.493 e. The highest BCUT2D eigenvalue weighted by molar-refractivity contribution is 8.01. The molecule has 0 fully saturated rings. The number of ether oxygens (including phenoxy) is 3. The number of aromatic nitrogens is 2. The first-order valence-corrected chi connectivity index (χ1v) is 11.2. The van der Waals surface area contributed by atoms with Crippen LogP contribution in [0.25, 0.3) is 6.08 Å². The fraction of sp³-hybridized carbons (Fsp3) is 0.182. The van der Waals surface area contributed by atoms with Gasteiger partial charge in [0.1, 0.15) is 0 Å². The van der Waals surface area contributed by atoms with E-state index in [-0.39, 0.29) is 17.4 Å². The number of nitrogens with one attached hydrogen (secondary N) is 1. The summed E-state index contributed by atoms with van der Waals surface area (Å²) in [7, 11) is 4.57. The average Bonchev–Trinajstić information content (AvgIpc) is 3.27. The van der Waals surface area contributed by atoms with Crippen LogP contribution >= 0.6 is 23.1 Å². The Bertz CT molecular complexity index is 1090. The van der Waals surface area contributed by atoms with Crippen LogP contribution in [0.15, 0.2) is 52.9 Å². The number of hydrogen-bond donors (Lipinski definition) is 1. The molecule has 166 valence electrons. The third-order valence-electron chi connectivity index (χ3n) is 4.17. The number of carbonyl (C=O) groups is 2. The number of methoxy groups -OCH3 is 3. The fourth-order valence-electron chi connectivity index (χ4n) is 2.67. The molecule has 10 heteroatoms. The van der Waals surface area contributed by atoms with Crippen molar-refractivity contribution in [1.29, 1.82) is 0 Å². The van der Waals surface area contributed by atoms with Gasteiger partial charge in [-0.15, -0.1) is 10.2 Å². The highest BCUT2D eigenvalue weighted by Crippen LogP contribution is 2.38. The molecule has 0 bridgehead atoms. The minimum atomic E-state index is -0.369. The number of ketones is 1. The lowest BCUT2D eigenvalue weighted by Crippen LogP contribution is -2.07. The minimum Gasteiger partial charge on any atom is -0.493 e. The Balaban J connectivity index is 1.58. The summed E-state index contributed by atoms with van der Waals surface area (Å²) in [6.07, 6.45) is 2.99. The van der Waals surface area contributed by atoms with Gasteiger partial charge in [0.05, 0.1) is 27.1 Å². The average molecular weight is 472 g/mol. The molecule has 0 saturated heterocycles. The zero-order valence-electron chi connectivity index (χ0n) is 17.7. The summed E-state index contributed by atoms with van der Waals surface area (Å²) in [6.45, 7) is 0. The molecule has 2 aromatic carbocycles. The Morgan fingerprint density at radius 3 is 2.34 bits per heavy atom. The lowest BCUT2D eigenvalue weighted by atomic mass is 10.1. The molecule has 0 atom stereocenters. The van der Waals surface area contributed by atoms with Crippen molar-refractivity contribution in [2.45, 2.75) is 4.34 Å². The van der Waals surface area contributed by atoms with Crippen LogP contribution in [0.2, 0.25) is 0 Å². The summed E-state index contributed by atoms with van der Waals surface area (Å²) in [5, 5.41) is 11.0. The molecular weight excluding hydrogens is 450 g/mol. The van der Waals surface area contributed by atoms with Gasteiger partial charge < -0.3 is 14.2 Å². The number of carbonyl (C=O) groups excluding carboxylic acids is 2. The van der Waals surface area contributed by atoms with Crippen LogP contribution in [0, 0.1) is 0 Å². The summed E-state index contributed by atoms with van der Waals surface area (Å²) in [5.41, 5.74) is 1.34. The van der Waals surface area contributed by atoms with Crippen molar-refractivity contribution in [3.05, 3.63) is 59.7 Å². The lowest BCUT2D eigenvalue weighted by molar-refractivity contribution is -0.111. The third kappa shape index (κ3) is 6.08. The predicted molar refractivity (Wildman–Crippen MR) is 125 cm³/mol. The fourth-order valence-corrected chi connectivity index (χ4v) is 4.32. The maximum absolute atomic E-state index is 12.3. The van der Waals surface area contributed by atoms with Crippen LogP contribution in [0.3, 0.4) is 0 Å². The summed E-state index contributed by atoms with van der Waals surface area (Å²) >= 11 is 2.48. The van der Waals surface area contributed by atoms with Gasteiger partial charge >= 0.3 is 0 Å². The van der Waals surface area contributed by atoms with Crippen LogP contribution < -0.4 is 19.5 Å². The number of nitrogens with zero attached hydrogens (tertiary/aromatic N) is 2. The second-order valence-corrected chi connectivity index (χ2v) is 8.43. The van der Waals surface area contributed by atoms with Gasteiger partial charge in [0.25, 0.3) is 0 Å². The molecule has 0 aliphatic heterocycles. The van der Waals surface area contributed by atoms with E-state index >= 15 is 0 Å². The number of benzene rings is 2. The highest BCUT2D eigenvalue weighted by Gasteiger charge is 2.13. The molecule has 0 spiro atoms. The molecule has 1 aromatic heterocycles. The third-order valence-corrected chi connectivity index (χ3v) is 6.15. The summed E-state index contributed by atoms with van der Waals surface area (Å²) in [5.74, 6) is 1.33. The van der Waals surface area contributed by atoms with Crippen molar-refractivity contribution in [3.63, 3.8) is 0 Å². The molecule has 0 radical (unpaired) electrons. The first-order chi connectivity index (χ1) is 15.5. The number of Topliss-reactive ketones (excluding diaryl/α,β-unsaturated/α-hetero) is 1. The van der Waals surface area contributed by atoms with Gasteiger partial charge in [0.2, 0.25) is 16.8 Å². The van der Waals surface area contributed by atoms with Crippen molar-refractivity contribution in [3.8, 4) is 17.2 Å². The second-order valence-electron chi connectivity index (χ2n) is 6.23. The molecule has 0 aliphatic carbocycles. The smallest absolute Gasteiger partial charge is 0.250 e. The van der Waals surface area contributed by atoms with Crippen LogP contribution in [0.1, 0.15) is 15.9 Å². The molecule has 0 unspecified atom stereocenters. The molecule has 3 aromatic rings. The van der Waals surface area contributed by atoms with Gasteiger partial charge in [-0.2, -0.15) is 0 Å². The monoisotopic (exact) mass is 471 g/mol. The van der Waals surface area contributed by atoms with Crippen molar-refractivity contribution in [2.75, 3.05) is 32.4 Å². The Hall–Kier alpha value is -3.37. The number of rotatable bonds is 10. The molecule has 3 rings (SSSR count). The van der Waals surface area contributed by atoms with E-state index < -0.39 is 0 Å². The van der Waals surface area contributed by atoms with E-state index in [4.69, 9.17) is 14.2 Å². The van der Waals surface area contributed by atoms with Crippen LogP contribution in [0.5, 0.6) is 17.2 Å². The molecule has 32 heavy (non-hydrogen) atoms. The molecule has 1 heterocycles. The molecule has 0 saturated carbocycles. The van der Waals surface area contributed by atoms with Crippen LogP contribution in [-0.4, -0.2) is 49.0 Å². The molecule has 1 N–H and O–H groups in total. The van der Waals surface area contributed by atoms with Gasteiger partial charge in [-0.05, 0) is 23.8 Å². The van der Waals surface area contributed by atoms with E-state index in [1.807, 2.05) is 18.2 Å². The Morgan fingerprint density at radius 2 is 1.72 bits per heavy atom. The van der Waals surface area contributed by atoms with Gasteiger partial charge in [-0.3, -0.25) is 14.9 Å². The van der Waals surface area contributed by atoms with Crippen molar-refractivity contribution in [1.82, 2.24) is 10.2 Å². The van der Waals surface area contributed by atoms with Crippen LogP contribution in [0.4, 0.5) is 5.13 Å². The van der Waals surface area contributed by atoms with E-state index in [1.165, 1.54) is 50.5 Å².